The summed E-state index contributed by atoms with van der Waals surface area (Å²) in [4.78, 5) is 0. The van der Waals surface area contributed by atoms with Crippen molar-refractivity contribution in [2.45, 2.75) is 16.0 Å². The smallest absolute Gasteiger partial charge is 0.344 e. The molecule has 12 heavy (non-hydrogen) atoms. The Bertz CT molecular complexity index is 191. The molecule has 0 spiro atoms. The Balaban J connectivity index is 0. The average Bonchev–Trinajstić information content (AvgIpc) is 2.05. The largest absolute Gasteiger partial charge is 0.371 e. The van der Waals surface area contributed by atoms with Crippen LogP contribution >= 0.6 is 12.4 Å². The van der Waals surface area contributed by atoms with Gasteiger partial charge in [-0.15, -0.1) is 16.5 Å². The van der Waals surface area contributed by atoms with E-state index in [4.69, 9.17) is 0 Å². The summed E-state index contributed by atoms with van der Waals surface area (Å²) in [5.41, 5.74) is 1.51. The van der Waals surface area contributed by atoms with Gasteiger partial charge in [0.05, 0.1) is 0 Å². The molecular formula is C9H16ClMgN. The molecule has 1 nitrogen and oxygen atoms in total. The van der Waals surface area contributed by atoms with E-state index < -0.39 is 0 Å². The van der Waals surface area contributed by atoms with Crippen LogP contribution in [0, 0.1) is 0 Å². The van der Waals surface area contributed by atoms with E-state index in [0.29, 0.717) is 0 Å². The van der Waals surface area contributed by atoms with Crippen LogP contribution in [0.15, 0.2) is 30.3 Å². The zero-order chi connectivity index (χ0) is 7.40. The van der Waals surface area contributed by atoms with Gasteiger partial charge in [-0.2, -0.15) is 5.05 Å². The van der Waals surface area contributed by atoms with Crippen LogP contribution in [0.25, 0.3) is 0 Å². The van der Waals surface area contributed by atoms with E-state index in [1.807, 2.05) is 0 Å². The summed E-state index contributed by atoms with van der Waals surface area (Å²) in [7, 11) is 0. The Labute approximate surface area is 90.7 Å². The molecule has 0 aliphatic carbocycles. The lowest BCUT2D eigenvalue weighted by atomic mass is 10.2. The van der Waals surface area contributed by atoms with Gasteiger partial charge in [0, 0.05) is 0 Å². The molecule has 0 amide bonds. The standard InChI is InChI=1S/C8H9.CH3.ClH.Mg.H3N/c1-2-8-6-4-3-5-7-8;;;;/h2-7H,1H3;1H3;1H;;1H3. The molecule has 0 heterocycles. The van der Waals surface area contributed by atoms with E-state index in [-0.39, 0.29) is 38.9 Å². The molecule has 3 N–H and O–H groups in total. The molecule has 0 saturated heterocycles. The van der Waals surface area contributed by atoms with E-state index in [1.165, 1.54) is 5.56 Å². The van der Waals surface area contributed by atoms with Gasteiger partial charge >= 0.3 is 20.4 Å². The second kappa shape index (κ2) is 7.86. The molecule has 1 atom stereocenters. The monoisotopic (exact) mass is 197 g/mol. The van der Waals surface area contributed by atoms with Crippen LogP contribution in [0.5, 0.6) is 0 Å². The van der Waals surface area contributed by atoms with Crippen LogP contribution in [-0.4, -0.2) is 20.4 Å². The quantitative estimate of drug-likeness (QED) is 0.728. The number of hydrogen-bond acceptors (Lipinski definition) is 1. The van der Waals surface area contributed by atoms with E-state index in [0.717, 1.165) is 4.05 Å². The average molecular weight is 198 g/mol. The summed E-state index contributed by atoms with van der Waals surface area (Å²) in [5, 5.41) is 2.36. The van der Waals surface area contributed by atoms with Crippen molar-refractivity contribution in [1.29, 1.82) is 0 Å². The van der Waals surface area contributed by atoms with Gasteiger partial charge in [0.15, 0.2) is 0 Å². The fourth-order valence-corrected chi connectivity index (χ4v) is 1.76. The Morgan fingerprint density at radius 3 is 2.08 bits per heavy atom. The van der Waals surface area contributed by atoms with Crippen LogP contribution in [0.1, 0.15) is 16.5 Å². The Morgan fingerprint density at radius 2 is 1.67 bits per heavy atom. The Kier molecular flexibility index (Phi) is 9.66. The Morgan fingerprint density at radius 1 is 1.17 bits per heavy atom. The van der Waals surface area contributed by atoms with Crippen molar-refractivity contribution >= 4 is 32.8 Å². The van der Waals surface area contributed by atoms with Gasteiger partial charge in [-0.25, -0.2) is 0 Å². The van der Waals surface area contributed by atoms with E-state index in [1.54, 1.807) is 0 Å². The summed E-state index contributed by atoms with van der Waals surface area (Å²) in [6, 6.07) is 10.8. The molecular weight excluding hydrogens is 182 g/mol. The number of benzene rings is 1. The van der Waals surface area contributed by atoms with Crippen LogP contribution in [0.3, 0.4) is 0 Å². The zero-order valence-electron chi connectivity index (χ0n) is 7.79. The van der Waals surface area contributed by atoms with Gasteiger partial charge in [0.2, 0.25) is 0 Å². The number of rotatable bonds is 2. The van der Waals surface area contributed by atoms with Crippen molar-refractivity contribution in [2.75, 3.05) is 0 Å². The summed E-state index contributed by atoms with van der Waals surface area (Å²) in [5.74, 6) is 0. The molecule has 0 saturated carbocycles. The summed E-state index contributed by atoms with van der Waals surface area (Å²) < 4.78 is 0.848. The normalized spacial score (nSPS) is 10.2. The van der Waals surface area contributed by atoms with Crippen molar-refractivity contribution in [2.24, 2.45) is 0 Å². The van der Waals surface area contributed by atoms with Crippen LogP contribution in [0.2, 0.25) is 5.05 Å². The van der Waals surface area contributed by atoms with Gasteiger partial charge in [-0.3, -0.25) is 0 Å². The highest BCUT2D eigenvalue weighted by atomic mass is 35.5. The first-order valence-electron chi connectivity index (χ1n) is 3.89. The highest BCUT2D eigenvalue weighted by Gasteiger charge is 2.02. The van der Waals surface area contributed by atoms with Crippen molar-refractivity contribution in [1.82, 2.24) is 6.15 Å². The topological polar surface area (TPSA) is 35.0 Å². The third kappa shape index (κ3) is 4.31. The van der Waals surface area contributed by atoms with Gasteiger partial charge in [0.25, 0.3) is 0 Å². The Hall–Kier alpha value is 0.236. The van der Waals surface area contributed by atoms with Gasteiger partial charge in [-0.1, -0.05) is 42.8 Å². The van der Waals surface area contributed by atoms with E-state index >= 15 is 0 Å². The lowest BCUT2D eigenvalue weighted by Crippen LogP contribution is -1.98. The van der Waals surface area contributed by atoms with E-state index in [2.05, 4.69) is 42.3 Å². The molecule has 0 radical (unpaired) electrons. The first-order chi connectivity index (χ1) is 4.84. The molecule has 1 unspecified atom stereocenters. The number of hydrogen-bond donors (Lipinski definition) is 1. The second-order valence-corrected chi connectivity index (χ2v) is 4.76. The van der Waals surface area contributed by atoms with Crippen molar-refractivity contribution < 1.29 is 0 Å². The minimum absolute atomic E-state index is 0. The van der Waals surface area contributed by atoms with Gasteiger partial charge in [-0.05, 0) is 0 Å². The minimum Gasteiger partial charge on any atom is -0.344 e. The molecule has 66 valence electrons. The van der Waals surface area contributed by atoms with E-state index in [9.17, 15) is 0 Å². The lowest BCUT2D eigenvalue weighted by Gasteiger charge is -2.06. The SMILES string of the molecule is Cl.N.[CH3][Mg][CH](C)c1ccccc1. The van der Waals surface area contributed by atoms with Crippen LogP contribution in [0.4, 0.5) is 0 Å². The van der Waals surface area contributed by atoms with Crippen molar-refractivity contribution in [3.05, 3.63) is 35.9 Å². The highest BCUT2D eigenvalue weighted by molar-refractivity contribution is 6.35. The molecule has 0 aromatic heterocycles. The minimum atomic E-state index is 0. The van der Waals surface area contributed by atoms with Gasteiger partial charge in [0.1, 0.15) is 0 Å². The third-order valence-electron chi connectivity index (χ3n) is 1.98. The van der Waals surface area contributed by atoms with Crippen molar-refractivity contribution in [3.63, 3.8) is 0 Å². The summed E-state index contributed by atoms with van der Waals surface area (Å²) in [6.07, 6.45) is 0. The predicted octanol–water partition coefficient (Wildman–Crippen LogP) is 3.08. The molecule has 1 aromatic rings. The molecule has 3 heteroatoms. The maximum absolute atomic E-state index is 2.36. The predicted molar refractivity (Wildman–Crippen MR) is 58.7 cm³/mol. The maximum atomic E-state index is 2.36. The number of halogens is 1. The highest BCUT2D eigenvalue weighted by Crippen LogP contribution is 2.11. The second-order valence-electron chi connectivity index (χ2n) is 2.72. The molecule has 0 fully saturated rings. The fraction of sp³-hybridized carbons (Fsp3) is 0.333. The van der Waals surface area contributed by atoms with Crippen LogP contribution in [-0.2, 0) is 0 Å². The zero-order valence-corrected chi connectivity index (χ0v) is 10.0. The van der Waals surface area contributed by atoms with Gasteiger partial charge < -0.3 is 6.15 Å². The van der Waals surface area contributed by atoms with Crippen molar-refractivity contribution in [3.8, 4) is 0 Å². The summed E-state index contributed by atoms with van der Waals surface area (Å²) >= 11 is 0.140. The first kappa shape index (κ1) is 14.7. The maximum Gasteiger partial charge on any atom is 0.371 e. The molecule has 0 aliphatic heterocycles. The molecule has 1 rings (SSSR count). The lowest BCUT2D eigenvalue weighted by molar-refractivity contribution is 1.07. The third-order valence-corrected chi connectivity index (χ3v) is 3.68. The molecule has 1 aromatic carbocycles. The summed E-state index contributed by atoms with van der Waals surface area (Å²) in [6.45, 7) is 2.32. The molecule has 0 aliphatic rings. The fourth-order valence-electron chi connectivity index (χ4n) is 1.02. The van der Waals surface area contributed by atoms with Crippen LogP contribution < -0.4 is 6.15 Å². The first-order valence-corrected chi connectivity index (χ1v) is 6.12. The molecule has 0 bridgehead atoms.